The predicted molar refractivity (Wildman–Crippen MR) is 102 cm³/mol. The second-order valence-corrected chi connectivity index (χ2v) is 6.82. The van der Waals surface area contributed by atoms with Gasteiger partial charge in [-0.15, -0.1) is 11.3 Å². The molecule has 0 aliphatic heterocycles. The van der Waals surface area contributed by atoms with E-state index in [0.717, 1.165) is 5.69 Å². The molecule has 2 aromatic heterocycles. The van der Waals surface area contributed by atoms with Crippen LogP contribution >= 0.6 is 22.9 Å². The van der Waals surface area contributed by atoms with Crippen molar-refractivity contribution in [2.45, 2.75) is 13.3 Å². The van der Waals surface area contributed by atoms with Crippen LogP contribution in [0.2, 0.25) is 5.15 Å². The molecule has 8 heteroatoms. The summed E-state index contributed by atoms with van der Waals surface area (Å²) in [6.07, 6.45) is 2.06. The van der Waals surface area contributed by atoms with Crippen LogP contribution in [0.3, 0.4) is 0 Å². The number of hydrogen-bond acceptors (Lipinski definition) is 5. The lowest BCUT2D eigenvalue weighted by molar-refractivity contribution is -0.118. The van der Waals surface area contributed by atoms with Crippen LogP contribution in [0.1, 0.15) is 12.5 Å². The topological polar surface area (TPSA) is 66.9 Å². The predicted octanol–water partition coefficient (Wildman–Crippen LogP) is 4.42. The molecule has 3 aromatic rings. The van der Waals surface area contributed by atoms with Crippen LogP contribution in [0.25, 0.3) is 11.3 Å². The van der Waals surface area contributed by atoms with Gasteiger partial charge in [-0.1, -0.05) is 23.7 Å². The summed E-state index contributed by atoms with van der Waals surface area (Å²) >= 11 is 7.18. The molecule has 2 heterocycles. The van der Waals surface area contributed by atoms with Gasteiger partial charge in [0.05, 0.1) is 17.6 Å². The molecule has 0 atom stereocenters. The van der Waals surface area contributed by atoms with Gasteiger partial charge < -0.3 is 10.6 Å². The Balaban J connectivity index is 1.69. The summed E-state index contributed by atoms with van der Waals surface area (Å²) in [5.74, 6) is -0.433. The zero-order valence-electron chi connectivity index (χ0n) is 13.9. The highest BCUT2D eigenvalue weighted by atomic mass is 35.5. The number of pyridine rings is 1. The normalized spacial score (nSPS) is 10.6. The molecule has 0 saturated heterocycles. The SMILES string of the molecule is CC(=O)NCCc1ccc(-c2csc(Nc3ccc(Cl)nc3)n2)cc1F. The summed E-state index contributed by atoms with van der Waals surface area (Å²) in [5.41, 5.74) is 2.72. The number of anilines is 2. The van der Waals surface area contributed by atoms with Crippen LogP contribution in [0, 0.1) is 5.82 Å². The second-order valence-electron chi connectivity index (χ2n) is 5.57. The monoisotopic (exact) mass is 390 g/mol. The number of aromatic nitrogens is 2. The molecular formula is C18H16ClFN4OS. The van der Waals surface area contributed by atoms with E-state index in [1.807, 2.05) is 11.4 Å². The van der Waals surface area contributed by atoms with Crippen molar-refractivity contribution in [1.29, 1.82) is 0 Å². The van der Waals surface area contributed by atoms with E-state index in [1.165, 1.54) is 24.3 Å². The van der Waals surface area contributed by atoms with Crippen LogP contribution in [-0.2, 0) is 11.2 Å². The number of amides is 1. The van der Waals surface area contributed by atoms with E-state index in [4.69, 9.17) is 11.6 Å². The first-order valence-corrected chi connectivity index (χ1v) is 9.14. The largest absolute Gasteiger partial charge is 0.356 e. The van der Waals surface area contributed by atoms with Gasteiger partial charge in [0.15, 0.2) is 5.13 Å². The minimum absolute atomic E-state index is 0.125. The van der Waals surface area contributed by atoms with Crippen molar-refractivity contribution in [2.75, 3.05) is 11.9 Å². The Kier molecular flexibility index (Phi) is 5.80. The van der Waals surface area contributed by atoms with Crippen molar-refractivity contribution in [2.24, 2.45) is 0 Å². The number of halogens is 2. The molecule has 3 rings (SSSR count). The van der Waals surface area contributed by atoms with Gasteiger partial charge in [-0.2, -0.15) is 0 Å². The molecule has 0 saturated carbocycles. The first-order chi connectivity index (χ1) is 12.5. The van der Waals surface area contributed by atoms with Crippen molar-refractivity contribution in [3.63, 3.8) is 0 Å². The molecule has 2 N–H and O–H groups in total. The number of carbonyl (C=O) groups is 1. The highest BCUT2D eigenvalue weighted by Gasteiger charge is 2.09. The molecule has 0 radical (unpaired) electrons. The maximum atomic E-state index is 14.3. The maximum absolute atomic E-state index is 14.3. The first kappa shape index (κ1) is 18.3. The average Bonchev–Trinajstić information content (AvgIpc) is 3.06. The Morgan fingerprint density at radius 3 is 2.85 bits per heavy atom. The summed E-state index contributed by atoms with van der Waals surface area (Å²) in [7, 11) is 0. The van der Waals surface area contributed by atoms with E-state index in [0.29, 0.717) is 40.1 Å². The number of thiazole rings is 1. The number of rotatable bonds is 6. The molecule has 134 valence electrons. The fourth-order valence-electron chi connectivity index (χ4n) is 2.32. The van der Waals surface area contributed by atoms with Gasteiger partial charge in [-0.3, -0.25) is 4.79 Å². The van der Waals surface area contributed by atoms with Crippen molar-refractivity contribution >= 4 is 39.7 Å². The van der Waals surface area contributed by atoms with Crippen molar-refractivity contribution < 1.29 is 9.18 Å². The third kappa shape index (κ3) is 4.77. The third-order valence-electron chi connectivity index (χ3n) is 3.60. The number of carbonyl (C=O) groups excluding carboxylic acids is 1. The summed E-state index contributed by atoms with van der Waals surface area (Å²) in [6.45, 7) is 1.85. The van der Waals surface area contributed by atoms with Crippen LogP contribution in [0.15, 0.2) is 41.9 Å². The molecule has 0 aliphatic rings. The standard InChI is InChI=1S/C18H16ClFN4OS/c1-11(25)21-7-6-12-2-3-13(8-15(12)20)16-10-26-18(24-16)23-14-4-5-17(19)22-9-14/h2-5,8-10H,6-7H2,1H3,(H,21,25)(H,23,24). The Morgan fingerprint density at radius 1 is 1.31 bits per heavy atom. The fourth-order valence-corrected chi connectivity index (χ4v) is 3.17. The van der Waals surface area contributed by atoms with Gasteiger partial charge in [0.25, 0.3) is 0 Å². The van der Waals surface area contributed by atoms with Gasteiger partial charge in [-0.05, 0) is 30.2 Å². The summed E-state index contributed by atoms with van der Waals surface area (Å²) < 4.78 is 14.3. The van der Waals surface area contributed by atoms with Gasteiger partial charge in [-0.25, -0.2) is 14.4 Å². The van der Waals surface area contributed by atoms with Gasteiger partial charge in [0.2, 0.25) is 5.91 Å². The molecule has 0 unspecified atom stereocenters. The highest BCUT2D eigenvalue weighted by molar-refractivity contribution is 7.14. The molecular weight excluding hydrogens is 375 g/mol. The lowest BCUT2D eigenvalue weighted by Gasteiger charge is -2.06. The fraction of sp³-hybridized carbons (Fsp3) is 0.167. The van der Waals surface area contributed by atoms with E-state index in [1.54, 1.807) is 24.4 Å². The zero-order valence-corrected chi connectivity index (χ0v) is 15.5. The maximum Gasteiger partial charge on any atom is 0.216 e. The lowest BCUT2D eigenvalue weighted by atomic mass is 10.1. The van der Waals surface area contributed by atoms with Crippen LogP contribution < -0.4 is 10.6 Å². The number of benzene rings is 1. The molecule has 1 aromatic carbocycles. The zero-order chi connectivity index (χ0) is 18.5. The smallest absolute Gasteiger partial charge is 0.216 e. The molecule has 26 heavy (non-hydrogen) atoms. The summed E-state index contributed by atoms with van der Waals surface area (Å²) in [6, 6.07) is 8.51. The molecule has 0 spiro atoms. The summed E-state index contributed by atoms with van der Waals surface area (Å²) in [5, 5.41) is 8.76. The van der Waals surface area contributed by atoms with Gasteiger partial charge in [0, 0.05) is 24.4 Å². The quantitative estimate of drug-likeness (QED) is 0.611. The van der Waals surface area contributed by atoms with Crippen LogP contribution in [-0.4, -0.2) is 22.4 Å². The van der Waals surface area contributed by atoms with Crippen molar-refractivity contribution in [3.8, 4) is 11.3 Å². The molecule has 0 bridgehead atoms. The number of hydrogen-bond donors (Lipinski definition) is 2. The van der Waals surface area contributed by atoms with Crippen molar-refractivity contribution in [1.82, 2.24) is 15.3 Å². The van der Waals surface area contributed by atoms with Gasteiger partial charge in [0.1, 0.15) is 11.0 Å². The Hall–Kier alpha value is -2.51. The van der Waals surface area contributed by atoms with E-state index >= 15 is 0 Å². The minimum atomic E-state index is -0.308. The molecule has 0 fully saturated rings. The Labute approximate surface area is 159 Å². The van der Waals surface area contributed by atoms with E-state index in [2.05, 4.69) is 20.6 Å². The Morgan fingerprint density at radius 2 is 2.15 bits per heavy atom. The first-order valence-electron chi connectivity index (χ1n) is 7.88. The van der Waals surface area contributed by atoms with E-state index < -0.39 is 0 Å². The molecule has 5 nitrogen and oxygen atoms in total. The molecule has 1 amide bonds. The minimum Gasteiger partial charge on any atom is -0.356 e. The van der Waals surface area contributed by atoms with Crippen LogP contribution in [0.4, 0.5) is 15.2 Å². The van der Waals surface area contributed by atoms with E-state index in [9.17, 15) is 9.18 Å². The lowest BCUT2D eigenvalue weighted by Crippen LogP contribution is -2.22. The highest BCUT2D eigenvalue weighted by Crippen LogP contribution is 2.28. The second kappa shape index (κ2) is 8.25. The average molecular weight is 391 g/mol. The number of nitrogens with zero attached hydrogens (tertiary/aromatic N) is 2. The van der Waals surface area contributed by atoms with Gasteiger partial charge >= 0.3 is 0 Å². The summed E-state index contributed by atoms with van der Waals surface area (Å²) in [4.78, 5) is 19.4. The van der Waals surface area contributed by atoms with Crippen LogP contribution in [0.5, 0.6) is 0 Å². The number of nitrogens with one attached hydrogen (secondary N) is 2. The third-order valence-corrected chi connectivity index (χ3v) is 4.58. The Bertz CT molecular complexity index is 914. The van der Waals surface area contributed by atoms with Crippen molar-refractivity contribution in [3.05, 3.63) is 58.4 Å². The molecule has 0 aliphatic carbocycles. The van der Waals surface area contributed by atoms with E-state index in [-0.39, 0.29) is 11.7 Å².